The van der Waals surface area contributed by atoms with Crippen molar-refractivity contribution >= 4 is 21.8 Å². The van der Waals surface area contributed by atoms with Crippen molar-refractivity contribution in [1.29, 1.82) is 0 Å². The average molecular weight is 238 g/mol. The summed E-state index contributed by atoms with van der Waals surface area (Å²) in [5.41, 5.74) is 3.26. The van der Waals surface area contributed by atoms with E-state index in [1.807, 2.05) is 0 Å². The fourth-order valence-corrected chi connectivity index (χ4v) is 2.92. The summed E-state index contributed by atoms with van der Waals surface area (Å²) in [5, 5.41) is 2.36. The maximum Gasteiger partial charge on any atom is 0.133 e. The number of aromatic amines is 1. The van der Waals surface area contributed by atoms with Crippen LogP contribution in [-0.4, -0.2) is 15.6 Å². The van der Waals surface area contributed by atoms with Crippen molar-refractivity contribution < 1.29 is 4.74 Å². The lowest BCUT2D eigenvalue weighted by Gasteiger charge is -2.17. The van der Waals surface area contributed by atoms with E-state index in [-0.39, 0.29) is 5.60 Å². The number of H-pyrrole nitrogens is 1. The molecule has 3 nitrogen and oxygen atoms in total. The lowest BCUT2D eigenvalue weighted by Crippen LogP contribution is -2.24. The molecule has 1 aliphatic rings. The van der Waals surface area contributed by atoms with Crippen molar-refractivity contribution in [2.24, 2.45) is 0 Å². The van der Waals surface area contributed by atoms with Gasteiger partial charge in [0.05, 0.1) is 17.4 Å². The fourth-order valence-electron chi connectivity index (χ4n) is 2.92. The van der Waals surface area contributed by atoms with Gasteiger partial charge in [0.15, 0.2) is 0 Å². The minimum absolute atomic E-state index is 0.141. The zero-order valence-corrected chi connectivity index (χ0v) is 10.4. The quantitative estimate of drug-likeness (QED) is 0.651. The van der Waals surface area contributed by atoms with Crippen LogP contribution in [0, 0.1) is 0 Å². The molecular weight excluding hydrogens is 224 g/mol. The molecule has 3 aromatic rings. The zero-order chi connectivity index (χ0) is 12.3. The van der Waals surface area contributed by atoms with Gasteiger partial charge in [0.1, 0.15) is 11.4 Å². The number of imidazole rings is 1. The highest BCUT2D eigenvalue weighted by atomic mass is 16.5. The lowest BCUT2D eigenvalue weighted by atomic mass is 9.97. The fraction of sp³-hybridized carbons (Fsp3) is 0.267. The maximum absolute atomic E-state index is 6.13. The van der Waals surface area contributed by atoms with Crippen molar-refractivity contribution in [3.63, 3.8) is 0 Å². The number of rotatable bonds is 0. The Hall–Kier alpha value is -2.03. The Balaban J connectivity index is 2.23. The summed E-state index contributed by atoms with van der Waals surface area (Å²) in [7, 11) is 0. The molecule has 0 aliphatic carbocycles. The van der Waals surface area contributed by atoms with Gasteiger partial charge >= 0.3 is 0 Å². The summed E-state index contributed by atoms with van der Waals surface area (Å²) in [6.45, 7) is 4.25. The van der Waals surface area contributed by atoms with E-state index >= 15 is 0 Å². The van der Waals surface area contributed by atoms with Crippen LogP contribution in [0.5, 0.6) is 5.75 Å². The molecule has 1 N–H and O–H groups in total. The number of hydrogen-bond acceptors (Lipinski definition) is 2. The molecule has 90 valence electrons. The van der Waals surface area contributed by atoms with Crippen LogP contribution < -0.4 is 4.74 Å². The second-order valence-electron chi connectivity index (χ2n) is 5.52. The van der Waals surface area contributed by atoms with Crippen LogP contribution in [0.25, 0.3) is 21.8 Å². The molecule has 4 rings (SSSR count). The first kappa shape index (κ1) is 9.95. The van der Waals surface area contributed by atoms with Crippen LogP contribution in [0.1, 0.15) is 19.4 Å². The Bertz CT molecular complexity index is 771. The molecule has 0 saturated carbocycles. The molecule has 2 heterocycles. The van der Waals surface area contributed by atoms with E-state index in [2.05, 4.69) is 48.1 Å². The molecule has 1 aromatic heterocycles. The van der Waals surface area contributed by atoms with Crippen molar-refractivity contribution in [3.8, 4) is 5.75 Å². The summed E-state index contributed by atoms with van der Waals surface area (Å²) in [6, 6.07) is 8.34. The zero-order valence-electron chi connectivity index (χ0n) is 10.4. The Morgan fingerprint density at radius 2 is 2.00 bits per heavy atom. The molecule has 0 radical (unpaired) electrons. The number of ether oxygens (including phenoxy) is 1. The van der Waals surface area contributed by atoms with Crippen molar-refractivity contribution in [2.75, 3.05) is 0 Å². The number of aromatic nitrogens is 2. The van der Waals surface area contributed by atoms with E-state index in [1.54, 1.807) is 6.33 Å². The van der Waals surface area contributed by atoms with Crippen LogP contribution in [0.4, 0.5) is 0 Å². The number of nitrogens with one attached hydrogen (secondary N) is 1. The van der Waals surface area contributed by atoms with Gasteiger partial charge in [-0.3, -0.25) is 0 Å². The Morgan fingerprint density at radius 3 is 2.83 bits per heavy atom. The van der Waals surface area contributed by atoms with Gasteiger partial charge in [-0.25, -0.2) is 4.98 Å². The van der Waals surface area contributed by atoms with Crippen molar-refractivity contribution in [3.05, 3.63) is 36.2 Å². The summed E-state index contributed by atoms with van der Waals surface area (Å²) in [6.07, 6.45) is 2.68. The van der Waals surface area contributed by atoms with Crippen molar-refractivity contribution in [1.82, 2.24) is 9.97 Å². The largest absolute Gasteiger partial charge is 0.486 e. The van der Waals surface area contributed by atoms with E-state index in [9.17, 15) is 0 Å². The summed E-state index contributed by atoms with van der Waals surface area (Å²) < 4.78 is 6.13. The molecule has 0 spiro atoms. The Morgan fingerprint density at radius 1 is 1.22 bits per heavy atom. The highest BCUT2D eigenvalue weighted by Gasteiger charge is 2.34. The molecule has 0 unspecified atom stereocenters. The number of hydrogen-bond donors (Lipinski definition) is 1. The van der Waals surface area contributed by atoms with Gasteiger partial charge < -0.3 is 9.72 Å². The maximum atomic E-state index is 6.13. The number of nitrogens with zero attached hydrogens (tertiary/aromatic N) is 1. The Labute approximate surface area is 105 Å². The van der Waals surface area contributed by atoms with E-state index in [4.69, 9.17) is 4.74 Å². The van der Waals surface area contributed by atoms with E-state index < -0.39 is 0 Å². The van der Waals surface area contributed by atoms with E-state index in [0.29, 0.717) is 0 Å². The standard InChI is InChI=1S/C15H14N2O/c1-15(2)7-11-13-12(16-8-17-13)9-5-3-4-6-10(9)14(11)18-15/h3-6,8H,7H2,1-2H3,(H,16,17). The summed E-state index contributed by atoms with van der Waals surface area (Å²) in [5.74, 6) is 1.01. The molecule has 0 saturated heterocycles. The Kier molecular flexibility index (Phi) is 1.68. The van der Waals surface area contributed by atoms with Crippen molar-refractivity contribution in [2.45, 2.75) is 25.9 Å². The van der Waals surface area contributed by atoms with E-state index in [0.717, 1.165) is 23.2 Å². The number of benzene rings is 2. The molecule has 2 aromatic carbocycles. The van der Waals surface area contributed by atoms with Gasteiger partial charge in [-0.1, -0.05) is 24.3 Å². The van der Waals surface area contributed by atoms with Crippen LogP contribution >= 0.6 is 0 Å². The highest BCUT2D eigenvalue weighted by molar-refractivity contribution is 6.09. The van der Waals surface area contributed by atoms with Gasteiger partial charge in [-0.15, -0.1) is 0 Å². The predicted molar refractivity (Wildman–Crippen MR) is 72.0 cm³/mol. The van der Waals surface area contributed by atoms with Crippen LogP contribution in [-0.2, 0) is 6.42 Å². The third-order valence-corrected chi connectivity index (χ3v) is 3.62. The predicted octanol–water partition coefficient (Wildman–Crippen LogP) is 3.43. The second kappa shape index (κ2) is 3.05. The first-order chi connectivity index (χ1) is 8.66. The molecule has 0 atom stereocenters. The average Bonchev–Trinajstić information content (AvgIpc) is 2.92. The SMILES string of the molecule is CC1(C)Cc2c(c3ccccc3c3[nH]cnc23)O1. The summed E-state index contributed by atoms with van der Waals surface area (Å²) >= 11 is 0. The molecule has 0 amide bonds. The third-order valence-electron chi connectivity index (χ3n) is 3.62. The smallest absolute Gasteiger partial charge is 0.133 e. The summed E-state index contributed by atoms with van der Waals surface area (Å²) in [4.78, 5) is 7.72. The van der Waals surface area contributed by atoms with Crippen LogP contribution in [0.15, 0.2) is 30.6 Å². The minimum Gasteiger partial charge on any atom is -0.486 e. The first-order valence-electron chi connectivity index (χ1n) is 6.21. The van der Waals surface area contributed by atoms with Crippen LogP contribution in [0.3, 0.4) is 0 Å². The second-order valence-corrected chi connectivity index (χ2v) is 5.52. The number of fused-ring (bicyclic) bond motifs is 6. The van der Waals surface area contributed by atoms with Gasteiger partial charge in [-0.05, 0) is 13.8 Å². The molecule has 1 aliphatic heterocycles. The molecule has 18 heavy (non-hydrogen) atoms. The van der Waals surface area contributed by atoms with Gasteiger partial charge in [0.2, 0.25) is 0 Å². The topological polar surface area (TPSA) is 37.9 Å². The van der Waals surface area contributed by atoms with Gasteiger partial charge in [0.25, 0.3) is 0 Å². The highest BCUT2D eigenvalue weighted by Crippen LogP contribution is 2.44. The van der Waals surface area contributed by atoms with Gasteiger partial charge in [0, 0.05) is 22.8 Å². The first-order valence-corrected chi connectivity index (χ1v) is 6.21. The van der Waals surface area contributed by atoms with E-state index in [1.165, 1.54) is 16.3 Å². The van der Waals surface area contributed by atoms with Gasteiger partial charge in [-0.2, -0.15) is 0 Å². The molecule has 0 fully saturated rings. The molecule has 0 bridgehead atoms. The monoisotopic (exact) mass is 238 g/mol. The molecular formula is C15H14N2O. The minimum atomic E-state index is -0.141. The lowest BCUT2D eigenvalue weighted by molar-refractivity contribution is 0.140. The normalized spacial score (nSPS) is 17.0. The molecule has 3 heteroatoms. The third kappa shape index (κ3) is 1.16. The van der Waals surface area contributed by atoms with Crippen LogP contribution in [0.2, 0.25) is 0 Å².